The van der Waals surface area contributed by atoms with Crippen molar-refractivity contribution >= 4 is 12.4 Å². The van der Waals surface area contributed by atoms with Crippen LogP contribution in [-0.4, -0.2) is 25.0 Å². The van der Waals surface area contributed by atoms with E-state index in [4.69, 9.17) is 11.5 Å². The Labute approximate surface area is 76.1 Å². The van der Waals surface area contributed by atoms with Gasteiger partial charge >= 0.3 is 12.4 Å². The summed E-state index contributed by atoms with van der Waals surface area (Å²) in [4.78, 5) is 28.3. The molecule has 0 bridgehead atoms. The van der Waals surface area contributed by atoms with E-state index in [2.05, 4.69) is 9.78 Å². The lowest BCUT2D eigenvalue weighted by Gasteiger charge is -2.07. The normalized spacial score (nSPS) is 11.8. The molecule has 0 fully saturated rings. The van der Waals surface area contributed by atoms with Crippen molar-refractivity contribution in [1.29, 1.82) is 0 Å². The number of carbonyl (C=O) groups excluding carboxylic acids is 2. The molecule has 13 heavy (non-hydrogen) atoms. The van der Waals surface area contributed by atoms with Crippen molar-refractivity contribution in [2.45, 2.75) is 25.3 Å². The maximum absolute atomic E-state index is 10.8. The Hall–Kier alpha value is -1.14. The fraction of sp³-hybridized carbons (Fsp3) is 0.714. The molecule has 0 heterocycles. The summed E-state index contributed by atoms with van der Waals surface area (Å²) >= 11 is 0. The van der Waals surface area contributed by atoms with E-state index in [-0.39, 0.29) is 6.47 Å². The largest absolute Gasteiger partial charge is 0.372 e. The van der Waals surface area contributed by atoms with Crippen LogP contribution in [0.5, 0.6) is 0 Å². The van der Waals surface area contributed by atoms with Gasteiger partial charge in [0.25, 0.3) is 0 Å². The molecule has 4 N–H and O–H groups in total. The molecule has 0 aliphatic rings. The fourth-order valence-electron chi connectivity index (χ4n) is 0.755. The molecule has 1 atom stereocenters. The smallest absolute Gasteiger partial charge is 0.330 e. The lowest BCUT2D eigenvalue weighted by molar-refractivity contribution is -0.249. The highest BCUT2D eigenvalue weighted by atomic mass is 17.2. The first-order valence-electron chi connectivity index (χ1n) is 3.98. The summed E-state index contributed by atoms with van der Waals surface area (Å²) in [5, 5.41) is 0. The van der Waals surface area contributed by atoms with E-state index >= 15 is 0 Å². The zero-order chi connectivity index (χ0) is 10.1. The Bertz CT molecular complexity index is 163. The molecule has 0 aliphatic heterocycles. The Morgan fingerprint density at radius 1 is 1.46 bits per heavy atom. The van der Waals surface area contributed by atoms with Crippen molar-refractivity contribution in [1.82, 2.24) is 0 Å². The highest BCUT2D eigenvalue weighted by Gasteiger charge is 2.15. The molecule has 76 valence electrons. The SMILES string of the molecule is NCCCC[C@H](N)C(=O)OOC=O. The standard InChI is InChI=1S/C7H14N2O4/c8-4-2-1-3-6(9)7(11)13-12-5-10/h5-6H,1-4,8-9H2/t6-/m0/s1. The van der Waals surface area contributed by atoms with Crippen molar-refractivity contribution in [2.75, 3.05) is 6.54 Å². The van der Waals surface area contributed by atoms with E-state index in [1.807, 2.05) is 0 Å². The van der Waals surface area contributed by atoms with Crippen LogP contribution in [0, 0.1) is 0 Å². The molecule has 0 unspecified atom stereocenters. The Kier molecular flexibility index (Phi) is 6.85. The van der Waals surface area contributed by atoms with Gasteiger partial charge in [0.2, 0.25) is 0 Å². The molecular weight excluding hydrogens is 176 g/mol. The predicted octanol–water partition coefficient (Wildman–Crippen LogP) is -0.926. The quantitative estimate of drug-likeness (QED) is 0.233. The van der Waals surface area contributed by atoms with Gasteiger partial charge in [-0.15, -0.1) is 0 Å². The molecule has 0 aromatic heterocycles. The molecule has 6 heteroatoms. The first kappa shape index (κ1) is 11.9. The van der Waals surface area contributed by atoms with Crippen LogP contribution in [0.2, 0.25) is 0 Å². The van der Waals surface area contributed by atoms with Gasteiger partial charge in [-0.3, -0.25) is 9.68 Å². The van der Waals surface area contributed by atoms with Crippen LogP contribution >= 0.6 is 0 Å². The highest BCUT2D eigenvalue weighted by Crippen LogP contribution is 1.99. The van der Waals surface area contributed by atoms with Gasteiger partial charge < -0.3 is 11.5 Å². The summed E-state index contributed by atoms with van der Waals surface area (Å²) in [5.74, 6) is -0.746. The summed E-state index contributed by atoms with van der Waals surface area (Å²) in [6, 6.07) is -0.758. The first-order valence-corrected chi connectivity index (χ1v) is 3.98. The monoisotopic (exact) mass is 190 g/mol. The number of unbranched alkanes of at least 4 members (excludes halogenated alkanes) is 1. The summed E-state index contributed by atoms with van der Waals surface area (Å²) in [7, 11) is 0. The van der Waals surface area contributed by atoms with E-state index in [0.717, 1.165) is 12.8 Å². The second-order valence-corrected chi connectivity index (χ2v) is 2.49. The van der Waals surface area contributed by atoms with Crippen LogP contribution in [0.25, 0.3) is 0 Å². The topological polar surface area (TPSA) is 105 Å². The lowest BCUT2D eigenvalue weighted by Crippen LogP contribution is -2.32. The molecule has 0 aromatic rings. The van der Waals surface area contributed by atoms with Crippen LogP contribution < -0.4 is 11.5 Å². The van der Waals surface area contributed by atoms with Crippen molar-refractivity contribution in [3.63, 3.8) is 0 Å². The van der Waals surface area contributed by atoms with Crippen molar-refractivity contribution in [3.05, 3.63) is 0 Å². The fourth-order valence-corrected chi connectivity index (χ4v) is 0.755. The van der Waals surface area contributed by atoms with Gasteiger partial charge in [0.1, 0.15) is 6.04 Å². The molecule has 0 spiro atoms. The molecule has 0 rings (SSSR count). The van der Waals surface area contributed by atoms with Crippen molar-refractivity contribution in [3.8, 4) is 0 Å². The minimum absolute atomic E-state index is 0.0184. The summed E-state index contributed by atoms with van der Waals surface area (Å²) in [6.07, 6.45) is 2.02. The molecule has 0 radical (unpaired) electrons. The van der Waals surface area contributed by atoms with Gasteiger partial charge in [-0.05, 0) is 19.4 Å². The van der Waals surface area contributed by atoms with Gasteiger partial charge in [0, 0.05) is 0 Å². The van der Waals surface area contributed by atoms with Crippen LogP contribution in [0.1, 0.15) is 19.3 Å². The molecule has 6 nitrogen and oxygen atoms in total. The van der Waals surface area contributed by atoms with E-state index in [1.165, 1.54) is 0 Å². The summed E-state index contributed by atoms with van der Waals surface area (Å²) in [6.45, 7) is 0.580. The minimum Gasteiger partial charge on any atom is -0.330 e. The van der Waals surface area contributed by atoms with Crippen LogP contribution in [0.3, 0.4) is 0 Å². The average Bonchev–Trinajstić information content (AvgIpc) is 2.14. The van der Waals surface area contributed by atoms with Crippen LogP contribution in [-0.2, 0) is 19.4 Å². The molecule has 0 aliphatic carbocycles. The molecule has 0 saturated heterocycles. The zero-order valence-electron chi connectivity index (χ0n) is 7.27. The summed E-state index contributed by atoms with van der Waals surface area (Å²) in [5.41, 5.74) is 10.6. The maximum Gasteiger partial charge on any atom is 0.372 e. The van der Waals surface area contributed by atoms with Crippen LogP contribution in [0.15, 0.2) is 0 Å². The van der Waals surface area contributed by atoms with Gasteiger partial charge in [-0.1, -0.05) is 6.42 Å². The van der Waals surface area contributed by atoms with Crippen LogP contribution in [0.4, 0.5) is 0 Å². The van der Waals surface area contributed by atoms with E-state index in [0.29, 0.717) is 13.0 Å². The van der Waals surface area contributed by atoms with Crippen molar-refractivity contribution in [2.24, 2.45) is 11.5 Å². The first-order chi connectivity index (χ1) is 6.22. The molecule has 0 amide bonds. The lowest BCUT2D eigenvalue weighted by atomic mass is 10.1. The second-order valence-electron chi connectivity index (χ2n) is 2.49. The van der Waals surface area contributed by atoms with Crippen molar-refractivity contribution < 1.29 is 19.4 Å². The van der Waals surface area contributed by atoms with E-state index in [9.17, 15) is 9.59 Å². The summed E-state index contributed by atoms with van der Waals surface area (Å²) < 4.78 is 0. The minimum atomic E-state index is -0.758. The molecule has 0 aromatic carbocycles. The van der Waals surface area contributed by atoms with Gasteiger partial charge in [-0.2, -0.15) is 0 Å². The Balaban J connectivity index is 3.50. The van der Waals surface area contributed by atoms with Gasteiger partial charge in [0.05, 0.1) is 0 Å². The van der Waals surface area contributed by atoms with E-state index in [1.54, 1.807) is 0 Å². The number of hydrogen-bond acceptors (Lipinski definition) is 6. The Morgan fingerprint density at radius 3 is 2.69 bits per heavy atom. The number of rotatable bonds is 7. The number of hydrogen-bond donors (Lipinski definition) is 2. The Morgan fingerprint density at radius 2 is 2.15 bits per heavy atom. The number of nitrogens with two attached hydrogens (primary N) is 2. The average molecular weight is 190 g/mol. The van der Waals surface area contributed by atoms with Gasteiger partial charge in [-0.25, -0.2) is 9.68 Å². The highest BCUT2D eigenvalue weighted by molar-refractivity contribution is 5.75. The predicted molar refractivity (Wildman–Crippen MR) is 44.1 cm³/mol. The molecule has 0 saturated carbocycles. The third-order valence-electron chi connectivity index (χ3n) is 1.44. The zero-order valence-corrected chi connectivity index (χ0v) is 7.27. The molecular formula is C7H14N2O4. The van der Waals surface area contributed by atoms with Gasteiger partial charge in [0.15, 0.2) is 0 Å². The third kappa shape index (κ3) is 6.06. The maximum atomic E-state index is 10.8. The third-order valence-corrected chi connectivity index (χ3v) is 1.44. The van der Waals surface area contributed by atoms with E-state index < -0.39 is 12.0 Å². The number of carbonyl (C=O) groups is 2. The second kappa shape index (κ2) is 7.51.